The molecule has 0 unspecified atom stereocenters. The number of carbonyl (C=O) groups excluding carboxylic acids is 2. The van der Waals surface area contributed by atoms with E-state index in [1.165, 1.54) is 4.57 Å². The molecule has 1 amide bonds. The lowest BCUT2D eigenvalue weighted by molar-refractivity contribution is -0.00773. The topological polar surface area (TPSA) is 70.0 Å². The van der Waals surface area contributed by atoms with Crippen LogP contribution in [-0.2, 0) is 9.47 Å². The molecule has 2 heterocycles. The van der Waals surface area contributed by atoms with Gasteiger partial charge in [-0.25, -0.2) is 9.59 Å². The van der Waals surface area contributed by atoms with E-state index in [9.17, 15) is 9.59 Å². The van der Waals surface area contributed by atoms with Gasteiger partial charge in [-0.3, -0.25) is 4.57 Å². The normalized spacial score (nSPS) is 15.2. The Morgan fingerprint density at radius 1 is 0.966 bits per heavy atom. The van der Waals surface area contributed by atoms with E-state index in [-0.39, 0.29) is 12.0 Å². The van der Waals surface area contributed by atoms with E-state index in [1.807, 2.05) is 65.8 Å². The molecule has 0 saturated carbocycles. The zero-order valence-corrected chi connectivity index (χ0v) is 18.0. The minimum Gasteiger partial charge on any atom is -0.492 e. The average molecular weight is 402 g/mol. The summed E-state index contributed by atoms with van der Waals surface area (Å²) in [7, 11) is 0. The molecular formula is C22H30N2O5. The number of hydrogen-bond donors (Lipinski definition) is 0. The first-order valence-corrected chi connectivity index (χ1v) is 9.87. The third kappa shape index (κ3) is 5.22. The Morgan fingerprint density at radius 2 is 1.59 bits per heavy atom. The molecule has 1 aromatic heterocycles. The zero-order valence-electron chi connectivity index (χ0n) is 18.0. The molecule has 2 aromatic rings. The maximum Gasteiger partial charge on any atom is 0.418 e. The summed E-state index contributed by atoms with van der Waals surface area (Å²) < 4.78 is 18.3. The minimum atomic E-state index is -0.563. The summed E-state index contributed by atoms with van der Waals surface area (Å²) in [4.78, 5) is 26.1. The number of hydrogen-bond acceptors (Lipinski definition) is 5. The van der Waals surface area contributed by atoms with Crippen LogP contribution in [0.3, 0.4) is 0 Å². The molecule has 7 heteroatoms. The third-order valence-corrected chi connectivity index (χ3v) is 4.37. The predicted molar refractivity (Wildman–Crippen MR) is 110 cm³/mol. The fraction of sp³-hybridized carbons (Fsp3) is 0.545. The third-order valence-electron chi connectivity index (χ3n) is 4.37. The molecular weight excluding hydrogens is 372 g/mol. The van der Waals surface area contributed by atoms with Gasteiger partial charge in [0.15, 0.2) is 0 Å². The van der Waals surface area contributed by atoms with Crippen LogP contribution in [0.5, 0.6) is 5.75 Å². The van der Waals surface area contributed by atoms with Crippen molar-refractivity contribution < 1.29 is 23.8 Å². The second-order valence-corrected chi connectivity index (χ2v) is 9.42. The van der Waals surface area contributed by atoms with E-state index in [4.69, 9.17) is 14.2 Å². The van der Waals surface area contributed by atoms with Gasteiger partial charge in [0, 0.05) is 30.6 Å². The Kier molecular flexibility index (Phi) is 5.52. The molecule has 0 bridgehead atoms. The van der Waals surface area contributed by atoms with Crippen molar-refractivity contribution in [1.29, 1.82) is 0 Å². The largest absolute Gasteiger partial charge is 0.492 e. The van der Waals surface area contributed by atoms with Crippen molar-refractivity contribution in [2.45, 2.75) is 52.7 Å². The molecule has 158 valence electrons. The average Bonchev–Trinajstić information content (AvgIpc) is 2.94. The van der Waals surface area contributed by atoms with Crippen molar-refractivity contribution in [3.05, 3.63) is 30.5 Å². The number of nitrogens with zero attached hydrogens (tertiary/aromatic N) is 2. The van der Waals surface area contributed by atoms with Gasteiger partial charge in [-0.1, -0.05) is 6.07 Å². The standard InChI is InChI=1S/C22H30N2O5/c1-21(2,3)28-19(25)23-12-15(13-23)14-27-18-9-7-8-17-16(18)10-11-24(17)20(26)29-22(4,5)6/h7-11,15H,12-14H2,1-6H3. The van der Waals surface area contributed by atoms with Crippen LogP contribution in [0, 0.1) is 5.92 Å². The van der Waals surface area contributed by atoms with E-state index in [1.54, 1.807) is 11.1 Å². The van der Waals surface area contributed by atoms with Crippen molar-refractivity contribution in [1.82, 2.24) is 9.47 Å². The van der Waals surface area contributed by atoms with Crippen LogP contribution < -0.4 is 4.74 Å². The molecule has 1 aliphatic rings. The second-order valence-electron chi connectivity index (χ2n) is 9.42. The summed E-state index contributed by atoms with van der Waals surface area (Å²) in [5, 5.41) is 0.849. The minimum absolute atomic E-state index is 0.255. The first-order valence-electron chi connectivity index (χ1n) is 9.87. The SMILES string of the molecule is CC(C)(C)OC(=O)N1CC(COc2cccc3c2ccn3C(=O)OC(C)(C)C)C1. The lowest BCUT2D eigenvalue weighted by atomic mass is 10.0. The summed E-state index contributed by atoms with van der Waals surface area (Å²) in [5.74, 6) is 0.964. The highest BCUT2D eigenvalue weighted by Gasteiger charge is 2.34. The predicted octanol–water partition coefficient (Wildman–Crippen LogP) is 4.67. The van der Waals surface area contributed by atoms with Gasteiger partial charge < -0.3 is 19.1 Å². The van der Waals surface area contributed by atoms with E-state index in [0.29, 0.717) is 25.4 Å². The fourth-order valence-electron chi connectivity index (χ4n) is 3.09. The number of benzene rings is 1. The highest BCUT2D eigenvalue weighted by Crippen LogP contribution is 2.29. The number of carbonyl (C=O) groups is 2. The summed E-state index contributed by atoms with van der Waals surface area (Å²) in [5.41, 5.74) is -0.317. The van der Waals surface area contributed by atoms with Crippen LogP contribution in [-0.4, -0.2) is 52.6 Å². The number of aromatic nitrogens is 1. The number of likely N-dealkylation sites (tertiary alicyclic amines) is 1. The fourth-order valence-corrected chi connectivity index (χ4v) is 3.09. The number of rotatable bonds is 3. The summed E-state index contributed by atoms with van der Waals surface area (Å²) in [6.45, 7) is 12.8. The summed E-state index contributed by atoms with van der Waals surface area (Å²) in [6, 6.07) is 7.44. The molecule has 0 aliphatic carbocycles. The molecule has 0 atom stereocenters. The summed E-state index contributed by atoms with van der Waals surface area (Å²) >= 11 is 0. The van der Waals surface area contributed by atoms with E-state index in [0.717, 1.165) is 10.9 Å². The molecule has 0 N–H and O–H groups in total. The van der Waals surface area contributed by atoms with Crippen LogP contribution in [0.2, 0.25) is 0 Å². The maximum absolute atomic E-state index is 12.4. The van der Waals surface area contributed by atoms with Gasteiger partial charge >= 0.3 is 12.2 Å². The molecule has 1 fully saturated rings. The first kappa shape index (κ1) is 21.0. The first-order chi connectivity index (χ1) is 13.4. The van der Waals surface area contributed by atoms with Crippen LogP contribution in [0.1, 0.15) is 41.5 Å². The van der Waals surface area contributed by atoms with E-state index in [2.05, 4.69) is 0 Å². The Balaban J connectivity index is 1.60. The molecule has 1 aromatic carbocycles. The Bertz CT molecular complexity index is 898. The quantitative estimate of drug-likeness (QED) is 0.746. The van der Waals surface area contributed by atoms with Crippen LogP contribution in [0.4, 0.5) is 9.59 Å². The number of fused-ring (bicyclic) bond motifs is 1. The Labute approximate surface area is 171 Å². The van der Waals surface area contributed by atoms with Crippen LogP contribution >= 0.6 is 0 Å². The van der Waals surface area contributed by atoms with Gasteiger partial charge in [0.25, 0.3) is 0 Å². The lowest BCUT2D eigenvalue weighted by Crippen LogP contribution is -2.53. The summed E-state index contributed by atoms with van der Waals surface area (Å²) in [6.07, 6.45) is 0.987. The van der Waals surface area contributed by atoms with E-state index < -0.39 is 17.3 Å². The van der Waals surface area contributed by atoms with Gasteiger partial charge in [-0.15, -0.1) is 0 Å². The van der Waals surface area contributed by atoms with Crippen molar-refractivity contribution in [3.8, 4) is 5.75 Å². The molecule has 29 heavy (non-hydrogen) atoms. The van der Waals surface area contributed by atoms with Crippen molar-refractivity contribution in [3.63, 3.8) is 0 Å². The highest BCUT2D eigenvalue weighted by atomic mass is 16.6. The van der Waals surface area contributed by atoms with Crippen molar-refractivity contribution >= 4 is 23.1 Å². The second kappa shape index (κ2) is 7.61. The van der Waals surface area contributed by atoms with Crippen molar-refractivity contribution in [2.24, 2.45) is 5.92 Å². The van der Waals surface area contributed by atoms with Gasteiger partial charge in [-0.2, -0.15) is 0 Å². The van der Waals surface area contributed by atoms with Crippen LogP contribution in [0.15, 0.2) is 30.5 Å². The van der Waals surface area contributed by atoms with Gasteiger partial charge in [0.2, 0.25) is 0 Å². The lowest BCUT2D eigenvalue weighted by Gasteiger charge is -2.39. The molecule has 1 saturated heterocycles. The van der Waals surface area contributed by atoms with Crippen molar-refractivity contribution in [2.75, 3.05) is 19.7 Å². The number of ether oxygens (including phenoxy) is 3. The van der Waals surface area contributed by atoms with Gasteiger partial charge in [0.05, 0.1) is 12.1 Å². The molecule has 0 radical (unpaired) electrons. The van der Waals surface area contributed by atoms with Crippen LogP contribution in [0.25, 0.3) is 10.9 Å². The Morgan fingerprint density at radius 3 is 2.21 bits per heavy atom. The molecule has 7 nitrogen and oxygen atoms in total. The van der Waals surface area contributed by atoms with Gasteiger partial charge in [0.1, 0.15) is 17.0 Å². The van der Waals surface area contributed by atoms with Gasteiger partial charge in [-0.05, 0) is 59.7 Å². The molecule has 3 rings (SSSR count). The smallest absolute Gasteiger partial charge is 0.418 e. The monoisotopic (exact) mass is 402 g/mol. The maximum atomic E-state index is 12.4. The Hall–Kier alpha value is -2.70. The highest BCUT2D eigenvalue weighted by molar-refractivity contribution is 5.93. The van der Waals surface area contributed by atoms with E-state index >= 15 is 0 Å². The number of amides is 1. The molecule has 1 aliphatic heterocycles. The zero-order chi connectivity index (χ0) is 21.4. The molecule has 0 spiro atoms.